The summed E-state index contributed by atoms with van der Waals surface area (Å²) in [6.45, 7) is -0.690. The number of hydrogen-bond acceptors (Lipinski definition) is 2. The Morgan fingerprint density at radius 1 is 1.40 bits per heavy atom. The van der Waals surface area contributed by atoms with Crippen molar-refractivity contribution in [2.45, 2.75) is 12.8 Å². The van der Waals surface area contributed by atoms with E-state index in [0.717, 1.165) is 6.07 Å². The SMILES string of the molecule is COc1cc(Br)c(C(F)(F)F)c(CO)c1. The van der Waals surface area contributed by atoms with Gasteiger partial charge in [0.25, 0.3) is 0 Å². The van der Waals surface area contributed by atoms with Gasteiger partial charge in [0.2, 0.25) is 0 Å². The second-order valence-electron chi connectivity index (χ2n) is 2.80. The molecular formula is C9H8BrF3O2. The van der Waals surface area contributed by atoms with Gasteiger partial charge in [0.15, 0.2) is 0 Å². The molecule has 0 aromatic heterocycles. The molecule has 0 aliphatic carbocycles. The fraction of sp³-hybridized carbons (Fsp3) is 0.333. The first-order chi connectivity index (χ1) is 6.90. The molecule has 2 nitrogen and oxygen atoms in total. The normalized spacial score (nSPS) is 11.6. The summed E-state index contributed by atoms with van der Waals surface area (Å²) in [5, 5.41) is 8.85. The number of hydrogen-bond donors (Lipinski definition) is 1. The summed E-state index contributed by atoms with van der Waals surface area (Å²) < 4.78 is 42.3. The molecule has 6 heteroatoms. The molecule has 0 radical (unpaired) electrons. The molecule has 0 saturated carbocycles. The molecule has 0 amide bonds. The number of aliphatic hydroxyl groups excluding tert-OH is 1. The quantitative estimate of drug-likeness (QED) is 0.905. The molecule has 1 N–H and O–H groups in total. The van der Waals surface area contributed by atoms with Crippen LogP contribution in [0.15, 0.2) is 16.6 Å². The Morgan fingerprint density at radius 2 is 2.00 bits per heavy atom. The molecule has 0 aliphatic heterocycles. The second kappa shape index (κ2) is 4.40. The lowest BCUT2D eigenvalue weighted by Gasteiger charge is -2.14. The van der Waals surface area contributed by atoms with E-state index in [1.54, 1.807) is 0 Å². The van der Waals surface area contributed by atoms with Crippen LogP contribution in [-0.2, 0) is 12.8 Å². The van der Waals surface area contributed by atoms with E-state index in [4.69, 9.17) is 9.84 Å². The summed E-state index contributed by atoms with van der Waals surface area (Å²) in [6.07, 6.45) is -4.50. The maximum absolute atomic E-state index is 12.5. The molecule has 0 unspecified atom stereocenters. The van der Waals surface area contributed by atoms with Gasteiger partial charge < -0.3 is 9.84 Å². The zero-order chi connectivity index (χ0) is 11.6. The van der Waals surface area contributed by atoms with Crippen molar-refractivity contribution in [1.82, 2.24) is 0 Å². The van der Waals surface area contributed by atoms with Crippen molar-refractivity contribution < 1.29 is 23.0 Å². The number of halogens is 4. The van der Waals surface area contributed by atoms with E-state index in [9.17, 15) is 13.2 Å². The lowest BCUT2D eigenvalue weighted by atomic mass is 10.1. The summed E-state index contributed by atoms with van der Waals surface area (Å²) >= 11 is 2.80. The number of alkyl halides is 3. The molecule has 0 atom stereocenters. The molecular weight excluding hydrogens is 277 g/mol. The first-order valence-electron chi connectivity index (χ1n) is 3.94. The van der Waals surface area contributed by atoms with Gasteiger partial charge in [-0.05, 0) is 17.7 Å². The predicted molar refractivity (Wildman–Crippen MR) is 51.6 cm³/mol. The largest absolute Gasteiger partial charge is 0.497 e. The summed E-state index contributed by atoms with van der Waals surface area (Å²) in [6, 6.07) is 2.37. The van der Waals surface area contributed by atoms with Crippen LogP contribution < -0.4 is 4.74 Å². The minimum Gasteiger partial charge on any atom is -0.497 e. The molecule has 1 aromatic carbocycles. The van der Waals surface area contributed by atoms with Gasteiger partial charge in [-0.1, -0.05) is 15.9 Å². The third kappa shape index (κ3) is 2.63. The van der Waals surface area contributed by atoms with Crippen LogP contribution in [0.3, 0.4) is 0 Å². The number of benzene rings is 1. The van der Waals surface area contributed by atoms with Crippen LogP contribution in [0, 0.1) is 0 Å². The fourth-order valence-electron chi connectivity index (χ4n) is 1.20. The zero-order valence-corrected chi connectivity index (χ0v) is 9.32. The Hall–Kier alpha value is -0.750. The van der Waals surface area contributed by atoms with Crippen molar-refractivity contribution in [1.29, 1.82) is 0 Å². The molecule has 0 fully saturated rings. The molecule has 0 spiro atoms. The molecule has 1 rings (SSSR count). The predicted octanol–water partition coefficient (Wildman–Crippen LogP) is 2.97. The van der Waals surface area contributed by atoms with Gasteiger partial charge in [0.05, 0.1) is 19.3 Å². The Morgan fingerprint density at radius 3 is 2.40 bits per heavy atom. The minimum absolute atomic E-state index is 0.140. The number of aliphatic hydroxyl groups is 1. The average molecular weight is 285 g/mol. The van der Waals surface area contributed by atoms with Crippen LogP contribution in [0.25, 0.3) is 0 Å². The minimum atomic E-state index is -4.50. The van der Waals surface area contributed by atoms with Gasteiger partial charge in [-0.3, -0.25) is 0 Å². The van der Waals surface area contributed by atoms with Crippen LogP contribution in [0.2, 0.25) is 0 Å². The van der Waals surface area contributed by atoms with Gasteiger partial charge in [-0.25, -0.2) is 0 Å². The number of rotatable bonds is 2. The summed E-state index contributed by atoms with van der Waals surface area (Å²) in [4.78, 5) is 0. The maximum atomic E-state index is 12.5. The van der Waals surface area contributed by atoms with Crippen molar-refractivity contribution in [3.63, 3.8) is 0 Å². The van der Waals surface area contributed by atoms with Crippen molar-refractivity contribution in [2.75, 3.05) is 7.11 Å². The van der Waals surface area contributed by atoms with Gasteiger partial charge in [0.1, 0.15) is 5.75 Å². The average Bonchev–Trinajstić information content (AvgIpc) is 2.14. The van der Waals surface area contributed by atoms with Crippen LogP contribution >= 0.6 is 15.9 Å². The first-order valence-corrected chi connectivity index (χ1v) is 4.74. The molecule has 84 valence electrons. The molecule has 15 heavy (non-hydrogen) atoms. The van der Waals surface area contributed by atoms with E-state index in [-0.39, 0.29) is 15.8 Å². The van der Waals surface area contributed by atoms with Gasteiger partial charge in [-0.15, -0.1) is 0 Å². The molecule has 0 aliphatic rings. The molecule has 1 aromatic rings. The van der Waals surface area contributed by atoms with Crippen molar-refractivity contribution >= 4 is 15.9 Å². The van der Waals surface area contributed by atoms with Crippen molar-refractivity contribution in [2.24, 2.45) is 0 Å². The fourth-order valence-corrected chi connectivity index (χ4v) is 1.90. The number of methoxy groups -OCH3 is 1. The van der Waals surface area contributed by atoms with E-state index in [1.165, 1.54) is 13.2 Å². The lowest BCUT2D eigenvalue weighted by Crippen LogP contribution is -2.10. The van der Waals surface area contributed by atoms with Crippen LogP contribution in [0.4, 0.5) is 13.2 Å². The zero-order valence-electron chi connectivity index (χ0n) is 7.73. The van der Waals surface area contributed by atoms with Crippen LogP contribution in [0.1, 0.15) is 11.1 Å². The second-order valence-corrected chi connectivity index (χ2v) is 3.65. The first kappa shape index (κ1) is 12.3. The maximum Gasteiger partial charge on any atom is 0.417 e. The molecule has 0 saturated heterocycles. The van der Waals surface area contributed by atoms with Gasteiger partial charge in [0, 0.05) is 4.47 Å². The summed E-state index contributed by atoms with van der Waals surface area (Å²) in [5.41, 5.74) is -1.08. The Balaban J connectivity index is 3.38. The summed E-state index contributed by atoms with van der Waals surface area (Å²) in [5.74, 6) is 0.263. The van der Waals surface area contributed by atoms with E-state index in [1.807, 2.05) is 0 Å². The highest BCUT2D eigenvalue weighted by Gasteiger charge is 2.35. The molecule has 0 bridgehead atoms. The number of ether oxygens (including phenoxy) is 1. The van der Waals surface area contributed by atoms with Crippen LogP contribution in [0.5, 0.6) is 5.75 Å². The highest BCUT2D eigenvalue weighted by atomic mass is 79.9. The Kier molecular flexibility index (Phi) is 3.62. The third-order valence-corrected chi connectivity index (χ3v) is 2.46. The monoisotopic (exact) mass is 284 g/mol. The topological polar surface area (TPSA) is 29.5 Å². The van der Waals surface area contributed by atoms with Crippen LogP contribution in [-0.4, -0.2) is 12.2 Å². The van der Waals surface area contributed by atoms with Gasteiger partial charge >= 0.3 is 6.18 Å². The van der Waals surface area contributed by atoms with Crippen molar-refractivity contribution in [3.05, 3.63) is 27.7 Å². The van der Waals surface area contributed by atoms with E-state index in [0.29, 0.717) is 0 Å². The summed E-state index contributed by atoms with van der Waals surface area (Å²) in [7, 11) is 1.34. The Labute approximate surface area is 92.8 Å². The van der Waals surface area contributed by atoms with E-state index >= 15 is 0 Å². The van der Waals surface area contributed by atoms with Gasteiger partial charge in [-0.2, -0.15) is 13.2 Å². The lowest BCUT2D eigenvalue weighted by molar-refractivity contribution is -0.139. The highest BCUT2D eigenvalue weighted by Crippen LogP contribution is 2.39. The van der Waals surface area contributed by atoms with Crippen molar-refractivity contribution in [3.8, 4) is 5.75 Å². The Bertz CT molecular complexity index is 363. The smallest absolute Gasteiger partial charge is 0.417 e. The third-order valence-electron chi connectivity index (χ3n) is 1.83. The van der Waals surface area contributed by atoms with E-state index in [2.05, 4.69) is 15.9 Å². The van der Waals surface area contributed by atoms with E-state index < -0.39 is 18.3 Å². The molecule has 0 heterocycles. The standard InChI is InChI=1S/C9H8BrF3O2/c1-15-6-2-5(4-14)8(7(10)3-6)9(11,12)13/h2-3,14H,4H2,1H3. The highest BCUT2D eigenvalue weighted by molar-refractivity contribution is 9.10.